The van der Waals surface area contributed by atoms with Crippen LogP contribution in [0, 0.1) is 19.8 Å². The van der Waals surface area contributed by atoms with E-state index < -0.39 is 0 Å². The Morgan fingerprint density at radius 1 is 1.10 bits per heavy atom. The summed E-state index contributed by atoms with van der Waals surface area (Å²) in [6.07, 6.45) is 4.99. The number of piperidine rings is 1. The number of aryl methyl sites for hydroxylation is 2. The summed E-state index contributed by atoms with van der Waals surface area (Å²) in [5.74, 6) is 3.43. The molecule has 4 heterocycles. The van der Waals surface area contributed by atoms with Gasteiger partial charge >= 0.3 is 0 Å². The van der Waals surface area contributed by atoms with Crippen LogP contribution in [0.1, 0.15) is 50.0 Å². The molecule has 2 unspecified atom stereocenters. The molecule has 3 aliphatic heterocycles. The van der Waals surface area contributed by atoms with Gasteiger partial charge < -0.3 is 24.1 Å². The zero-order valence-electron chi connectivity index (χ0n) is 19.4. The van der Waals surface area contributed by atoms with Crippen molar-refractivity contribution in [2.45, 2.75) is 65.2 Å². The molecule has 3 fully saturated rings. The van der Waals surface area contributed by atoms with Crippen molar-refractivity contribution < 1.29 is 13.9 Å². The monoisotopic (exact) mass is 433 g/mol. The molecule has 0 amide bonds. The van der Waals surface area contributed by atoms with Gasteiger partial charge in [-0.3, -0.25) is 9.89 Å². The molecule has 1 aromatic rings. The Morgan fingerprint density at radius 3 is 2.58 bits per heavy atom. The van der Waals surface area contributed by atoms with E-state index in [9.17, 15) is 0 Å². The third-order valence-electron chi connectivity index (χ3n) is 6.75. The van der Waals surface area contributed by atoms with E-state index in [1.54, 1.807) is 0 Å². The first-order chi connectivity index (χ1) is 15.1. The number of nitrogens with zero attached hydrogens (tertiary/aromatic N) is 4. The Balaban J connectivity index is 1.26. The highest BCUT2D eigenvalue weighted by Crippen LogP contribution is 2.22. The molecule has 174 valence electrons. The van der Waals surface area contributed by atoms with Gasteiger partial charge in [0, 0.05) is 32.8 Å². The second kappa shape index (κ2) is 10.8. The van der Waals surface area contributed by atoms with Gasteiger partial charge in [-0.05, 0) is 65.5 Å². The normalized spacial score (nSPS) is 26.5. The molecule has 0 saturated carbocycles. The van der Waals surface area contributed by atoms with Gasteiger partial charge in [-0.2, -0.15) is 0 Å². The standard InChI is InChI=1S/C23H39N5O3/c1-4-24-23(28-11-13-30-21(15-28)20-6-5-12-29-20)25-14-19-7-9-27(10-8-19)16-22-26-17(2)18(3)31-22/h19-21H,4-16H2,1-3H3,(H,24,25). The lowest BCUT2D eigenvalue weighted by Crippen LogP contribution is -2.53. The Morgan fingerprint density at radius 2 is 1.90 bits per heavy atom. The molecule has 1 aromatic heterocycles. The molecule has 0 spiro atoms. The smallest absolute Gasteiger partial charge is 0.208 e. The van der Waals surface area contributed by atoms with E-state index in [1.165, 1.54) is 12.8 Å². The minimum atomic E-state index is 0.158. The van der Waals surface area contributed by atoms with Gasteiger partial charge in [0.2, 0.25) is 5.89 Å². The van der Waals surface area contributed by atoms with Gasteiger partial charge in [0.1, 0.15) is 11.9 Å². The Bertz CT molecular complexity index is 703. The molecule has 2 atom stereocenters. The maximum atomic E-state index is 6.02. The second-order valence-electron chi connectivity index (χ2n) is 9.07. The van der Waals surface area contributed by atoms with Crippen LogP contribution in [0.15, 0.2) is 9.41 Å². The van der Waals surface area contributed by atoms with Crippen LogP contribution in [0.2, 0.25) is 0 Å². The molecule has 3 saturated heterocycles. The number of guanidine groups is 1. The first-order valence-electron chi connectivity index (χ1n) is 12.0. The second-order valence-corrected chi connectivity index (χ2v) is 9.07. The van der Waals surface area contributed by atoms with Gasteiger partial charge in [0.05, 0.1) is 24.9 Å². The van der Waals surface area contributed by atoms with E-state index in [4.69, 9.17) is 18.9 Å². The number of morpholine rings is 1. The molecular formula is C23H39N5O3. The number of aromatic nitrogens is 1. The summed E-state index contributed by atoms with van der Waals surface area (Å²) in [5.41, 5.74) is 1.00. The lowest BCUT2D eigenvalue weighted by atomic mass is 9.97. The Labute approximate surface area is 186 Å². The van der Waals surface area contributed by atoms with Crippen LogP contribution >= 0.6 is 0 Å². The van der Waals surface area contributed by atoms with Gasteiger partial charge in [-0.25, -0.2) is 4.98 Å². The van der Waals surface area contributed by atoms with Crippen LogP contribution in [-0.4, -0.2) is 85.4 Å². The lowest BCUT2D eigenvalue weighted by Gasteiger charge is -2.37. The highest BCUT2D eigenvalue weighted by molar-refractivity contribution is 5.80. The summed E-state index contributed by atoms with van der Waals surface area (Å²) >= 11 is 0. The maximum Gasteiger partial charge on any atom is 0.208 e. The van der Waals surface area contributed by atoms with Crippen molar-refractivity contribution in [2.24, 2.45) is 10.9 Å². The van der Waals surface area contributed by atoms with E-state index >= 15 is 0 Å². The van der Waals surface area contributed by atoms with Crippen molar-refractivity contribution in [3.8, 4) is 0 Å². The molecule has 0 aliphatic carbocycles. The number of nitrogens with one attached hydrogen (secondary N) is 1. The van der Waals surface area contributed by atoms with Crippen molar-refractivity contribution in [1.29, 1.82) is 0 Å². The average molecular weight is 434 g/mol. The maximum absolute atomic E-state index is 6.02. The average Bonchev–Trinajstić information content (AvgIpc) is 3.42. The first kappa shape index (κ1) is 22.6. The van der Waals surface area contributed by atoms with Crippen molar-refractivity contribution in [2.75, 3.05) is 52.5 Å². The fourth-order valence-electron chi connectivity index (χ4n) is 4.76. The molecule has 1 N–H and O–H groups in total. The molecule has 0 radical (unpaired) electrons. The number of rotatable bonds is 6. The van der Waals surface area contributed by atoms with Crippen molar-refractivity contribution in [3.05, 3.63) is 17.3 Å². The fourth-order valence-corrected chi connectivity index (χ4v) is 4.76. The summed E-state index contributed by atoms with van der Waals surface area (Å²) < 4.78 is 17.6. The van der Waals surface area contributed by atoms with Crippen LogP contribution in [0.25, 0.3) is 0 Å². The van der Waals surface area contributed by atoms with Crippen LogP contribution in [0.4, 0.5) is 0 Å². The predicted molar refractivity (Wildman–Crippen MR) is 120 cm³/mol. The molecular weight excluding hydrogens is 394 g/mol. The lowest BCUT2D eigenvalue weighted by molar-refractivity contribution is -0.0817. The summed E-state index contributed by atoms with van der Waals surface area (Å²) in [4.78, 5) is 14.4. The van der Waals surface area contributed by atoms with Crippen molar-refractivity contribution in [3.63, 3.8) is 0 Å². The molecule has 4 rings (SSSR count). The number of aliphatic imine (C=N–C) groups is 1. The van der Waals surface area contributed by atoms with Crippen molar-refractivity contribution in [1.82, 2.24) is 20.1 Å². The summed E-state index contributed by atoms with van der Waals surface area (Å²) in [6, 6.07) is 0. The van der Waals surface area contributed by atoms with Crippen LogP contribution in [0.3, 0.4) is 0 Å². The van der Waals surface area contributed by atoms with Crippen LogP contribution in [0.5, 0.6) is 0 Å². The topological polar surface area (TPSA) is 75.4 Å². The van der Waals surface area contributed by atoms with E-state index in [-0.39, 0.29) is 12.2 Å². The molecule has 31 heavy (non-hydrogen) atoms. The highest BCUT2D eigenvalue weighted by atomic mass is 16.5. The van der Waals surface area contributed by atoms with E-state index in [1.807, 2.05) is 13.8 Å². The minimum absolute atomic E-state index is 0.158. The quantitative estimate of drug-likeness (QED) is 0.545. The van der Waals surface area contributed by atoms with Gasteiger partial charge in [-0.15, -0.1) is 0 Å². The third kappa shape index (κ3) is 5.99. The number of oxazole rings is 1. The molecule has 3 aliphatic rings. The van der Waals surface area contributed by atoms with E-state index in [0.29, 0.717) is 5.92 Å². The van der Waals surface area contributed by atoms with Crippen molar-refractivity contribution >= 4 is 5.96 Å². The zero-order valence-corrected chi connectivity index (χ0v) is 19.4. The summed E-state index contributed by atoms with van der Waals surface area (Å²) in [7, 11) is 0. The summed E-state index contributed by atoms with van der Waals surface area (Å²) in [5, 5.41) is 3.50. The largest absolute Gasteiger partial charge is 0.444 e. The van der Waals surface area contributed by atoms with Crippen LogP contribution in [-0.2, 0) is 16.0 Å². The number of ether oxygens (including phenoxy) is 2. The Kier molecular flexibility index (Phi) is 7.85. The molecule has 8 heteroatoms. The van der Waals surface area contributed by atoms with E-state index in [2.05, 4.69) is 27.0 Å². The van der Waals surface area contributed by atoms with Crippen LogP contribution < -0.4 is 5.32 Å². The van der Waals surface area contributed by atoms with Gasteiger partial charge in [-0.1, -0.05) is 0 Å². The zero-order chi connectivity index (χ0) is 21.6. The minimum Gasteiger partial charge on any atom is -0.444 e. The number of likely N-dealkylation sites (tertiary alicyclic amines) is 1. The number of hydrogen-bond donors (Lipinski definition) is 1. The SMILES string of the molecule is CCNC(=NCC1CCN(Cc2nc(C)c(C)o2)CC1)N1CCOC(C2CCCO2)C1. The predicted octanol–water partition coefficient (Wildman–Crippen LogP) is 2.35. The van der Waals surface area contributed by atoms with Gasteiger partial charge in [0.15, 0.2) is 5.96 Å². The third-order valence-corrected chi connectivity index (χ3v) is 6.75. The molecule has 0 aromatic carbocycles. The highest BCUT2D eigenvalue weighted by Gasteiger charge is 2.32. The fraction of sp³-hybridized carbons (Fsp3) is 0.826. The van der Waals surface area contributed by atoms with Gasteiger partial charge in [0.25, 0.3) is 0 Å². The Hall–Kier alpha value is -1.64. The first-order valence-corrected chi connectivity index (χ1v) is 12.0. The number of hydrogen-bond acceptors (Lipinski definition) is 6. The summed E-state index contributed by atoms with van der Waals surface area (Å²) in [6.45, 7) is 14.2. The van der Waals surface area contributed by atoms with E-state index in [0.717, 1.165) is 95.2 Å². The molecule has 0 bridgehead atoms. The molecule has 8 nitrogen and oxygen atoms in total.